The molecule has 4 heteroatoms. The molecule has 0 aliphatic carbocycles. The number of pyridine rings is 1. The molecule has 0 atom stereocenters. The maximum Gasteiger partial charge on any atom is 0.339 e. The van der Waals surface area contributed by atoms with Crippen LogP contribution in [0.1, 0.15) is 24.2 Å². The minimum Gasteiger partial charge on any atom is -0.459 e. The second kappa shape index (κ2) is 3.73. The zero-order valence-electron chi connectivity index (χ0n) is 8.68. The SMILES string of the molecule is CC(C)OC(=O)c1ccc2cncn2c1. The summed E-state index contributed by atoms with van der Waals surface area (Å²) in [6.07, 6.45) is 5.00. The molecule has 0 aromatic carbocycles. The molecule has 0 unspecified atom stereocenters. The summed E-state index contributed by atoms with van der Waals surface area (Å²) in [7, 11) is 0. The van der Waals surface area contributed by atoms with E-state index >= 15 is 0 Å². The summed E-state index contributed by atoms with van der Waals surface area (Å²) in [5, 5.41) is 0. The van der Waals surface area contributed by atoms with Gasteiger partial charge in [0.15, 0.2) is 0 Å². The molecule has 0 saturated carbocycles. The topological polar surface area (TPSA) is 43.6 Å². The van der Waals surface area contributed by atoms with Crippen LogP contribution in [0.25, 0.3) is 5.52 Å². The molecule has 0 aliphatic rings. The van der Waals surface area contributed by atoms with E-state index in [1.807, 2.05) is 19.9 Å². The molecule has 2 aromatic heterocycles. The van der Waals surface area contributed by atoms with Crippen LogP contribution in [-0.2, 0) is 4.74 Å². The van der Waals surface area contributed by atoms with E-state index in [4.69, 9.17) is 4.74 Å². The summed E-state index contributed by atoms with van der Waals surface area (Å²) >= 11 is 0. The van der Waals surface area contributed by atoms with Crippen molar-refractivity contribution in [3.8, 4) is 0 Å². The predicted molar refractivity (Wildman–Crippen MR) is 55.7 cm³/mol. The van der Waals surface area contributed by atoms with E-state index in [2.05, 4.69) is 4.98 Å². The molecule has 4 nitrogen and oxygen atoms in total. The van der Waals surface area contributed by atoms with Crippen molar-refractivity contribution in [3.05, 3.63) is 36.4 Å². The van der Waals surface area contributed by atoms with Gasteiger partial charge < -0.3 is 9.14 Å². The number of carbonyl (C=O) groups is 1. The molecule has 15 heavy (non-hydrogen) atoms. The van der Waals surface area contributed by atoms with Gasteiger partial charge in [-0.2, -0.15) is 0 Å². The van der Waals surface area contributed by atoms with Crippen LogP contribution in [-0.4, -0.2) is 21.5 Å². The van der Waals surface area contributed by atoms with Gasteiger partial charge in [-0.3, -0.25) is 0 Å². The van der Waals surface area contributed by atoms with Gasteiger partial charge in [-0.1, -0.05) is 0 Å². The van der Waals surface area contributed by atoms with E-state index in [0.717, 1.165) is 5.52 Å². The highest BCUT2D eigenvalue weighted by molar-refractivity contribution is 5.89. The fraction of sp³-hybridized carbons (Fsp3) is 0.273. The van der Waals surface area contributed by atoms with E-state index in [9.17, 15) is 4.79 Å². The van der Waals surface area contributed by atoms with Gasteiger partial charge in [0.05, 0.1) is 29.7 Å². The lowest BCUT2D eigenvalue weighted by atomic mass is 10.2. The Balaban J connectivity index is 2.31. The highest BCUT2D eigenvalue weighted by Crippen LogP contribution is 2.08. The van der Waals surface area contributed by atoms with Crippen LogP contribution in [0.5, 0.6) is 0 Å². The van der Waals surface area contributed by atoms with Crippen LogP contribution in [0.3, 0.4) is 0 Å². The van der Waals surface area contributed by atoms with Crippen molar-refractivity contribution in [2.45, 2.75) is 20.0 Å². The Morgan fingerprint density at radius 2 is 2.27 bits per heavy atom. The fourth-order valence-corrected chi connectivity index (χ4v) is 1.32. The Labute approximate surface area is 87.5 Å². The van der Waals surface area contributed by atoms with Crippen LogP contribution in [0.2, 0.25) is 0 Å². The molecule has 2 rings (SSSR count). The number of fused-ring (bicyclic) bond motifs is 1. The first-order valence-corrected chi connectivity index (χ1v) is 4.79. The monoisotopic (exact) mass is 204 g/mol. The van der Waals surface area contributed by atoms with Gasteiger partial charge in [-0.15, -0.1) is 0 Å². The van der Waals surface area contributed by atoms with Crippen molar-refractivity contribution in [1.82, 2.24) is 9.38 Å². The summed E-state index contributed by atoms with van der Waals surface area (Å²) in [6.45, 7) is 3.65. The van der Waals surface area contributed by atoms with Crippen molar-refractivity contribution in [2.75, 3.05) is 0 Å². The molecule has 2 aromatic rings. The second-order valence-corrected chi connectivity index (χ2v) is 3.60. The summed E-state index contributed by atoms with van der Waals surface area (Å²) in [4.78, 5) is 15.5. The van der Waals surface area contributed by atoms with Crippen LogP contribution in [0.15, 0.2) is 30.9 Å². The predicted octanol–water partition coefficient (Wildman–Crippen LogP) is 1.90. The van der Waals surface area contributed by atoms with E-state index < -0.39 is 0 Å². The third-order valence-corrected chi connectivity index (χ3v) is 1.99. The van der Waals surface area contributed by atoms with Crippen LogP contribution in [0.4, 0.5) is 0 Å². The number of imidazole rings is 1. The number of ether oxygens (including phenoxy) is 1. The summed E-state index contributed by atoms with van der Waals surface area (Å²) < 4.78 is 6.88. The zero-order valence-corrected chi connectivity index (χ0v) is 8.68. The normalized spacial score (nSPS) is 10.9. The van der Waals surface area contributed by atoms with E-state index in [1.165, 1.54) is 0 Å². The molecule has 0 saturated heterocycles. The van der Waals surface area contributed by atoms with Gasteiger partial charge in [-0.25, -0.2) is 9.78 Å². The van der Waals surface area contributed by atoms with Gasteiger partial charge in [-0.05, 0) is 26.0 Å². The average molecular weight is 204 g/mol. The average Bonchev–Trinajstić information content (AvgIpc) is 2.62. The van der Waals surface area contributed by atoms with Crippen molar-refractivity contribution in [2.24, 2.45) is 0 Å². The minimum absolute atomic E-state index is 0.101. The highest BCUT2D eigenvalue weighted by Gasteiger charge is 2.09. The number of carbonyl (C=O) groups excluding carboxylic acids is 1. The van der Waals surface area contributed by atoms with E-state index in [0.29, 0.717) is 5.56 Å². The van der Waals surface area contributed by atoms with E-state index in [-0.39, 0.29) is 12.1 Å². The van der Waals surface area contributed by atoms with Crippen molar-refractivity contribution < 1.29 is 9.53 Å². The first-order chi connectivity index (χ1) is 7.16. The second-order valence-electron chi connectivity index (χ2n) is 3.60. The summed E-state index contributed by atoms with van der Waals surface area (Å²) in [5.74, 6) is -0.305. The molecular weight excluding hydrogens is 192 g/mol. The lowest BCUT2D eigenvalue weighted by molar-refractivity contribution is 0.0377. The van der Waals surface area contributed by atoms with Gasteiger partial charge in [0.2, 0.25) is 0 Å². The largest absolute Gasteiger partial charge is 0.459 e. The molecule has 2 heterocycles. The highest BCUT2D eigenvalue weighted by atomic mass is 16.5. The molecule has 0 radical (unpaired) electrons. The number of hydrogen-bond acceptors (Lipinski definition) is 3. The Hall–Kier alpha value is -1.84. The third-order valence-electron chi connectivity index (χ3n) is 1.99. The van der Waals surface area contributed by atoms with Crippen molar-refractivity contribution in [1.29, 1.82) is 0 Å². The van der Waals surface area contributed by atoms with Gasteiger partial charge in [0.25, 0.3) is 0 Å². The van der Waals surface area contributed by atoms with Crippen molar-refractivity contribution in [3.63, 3.8) is 0 Å². The van der Waals surface area contributed by atoms with Gasteiger partial charge in [0.1, 0.15) is 0 Å². The first kappa shape index (κ1) is 9.71. The Morgan fingerprint density at radius 1 is 1.47 bits per heavy atom. The van der Waals surface area contributed by atoms with Gasteiger partial charge in [0, 0.05) is 6.20 Å². The third kappa shape index (κ3) is 1.98. The van der Waals surface area contributed by atoms with Gasteiger partial charge >= 0.3 is 5.97 Å². The number of aromatic nitrogens is 2. The molecule has 0 amide bonds. The molecule has 0 aliphatic heterocycles. The Morgan fingerprint density at radius 3 is 3.00 bits per heavy atom. The van der Waals surface area contributed by atoms with Crippen molar-refractivity contribution >= 4 is 11.5 Å². The number of nitrogens with zero attached hydrogens (tertiary/aromatic N) is 2. The number of esters is 1. The Bertz CT molecular complexity index is 488. The van der Waals surface area contributed by atoms with Crippen LogP contribution in [0, 0.1) is 0 Å². The summed E-state index contributed by atoms with van der Waals surface area (Å²) in [6, 6.07) is 3.58. The first-order valence-electron chi connectivity index (χ1n) is 4.79. The molecule has 0 N–H and O–H groups in total. The Kier molecular flexibility index (Phi) is 2.41. The summed E-state index contributed by atoms with van der Waals surface area (Å²) in [5.41, 5.74) is 1.49. The smallest absolute Gasteiger partial charge is 0.339 e. The molecule has 0 fully saturated rings. The lowest BCUT2D eigenvalue weighted by Crippen LogP contribution is -2.12. The minimum atomic E-state index is -0.305. The molecule has 0 bridgehead atoms. The number of hydrogen-bond donors (Lipinski definition) is 0. The number of rotatable bonds is 2. The maximum absolute atomic E-state index is 11.6. The quantitative estimate of drug-likeness (QED) is 0.702. The maximum atomic E-state index is 11.6. The van der Waals surface area contributed by atoms with Crippen LogP contribution < -0.4 is 0 Å². The molecule has 0 spiro atoms. The lowest BCUT2D eigenvalue weighted by Gasteiger charge is -2.07. The molecule has 78 valence electrons. The standard InChI is InChI=1S/C11H12N2O2/c1-8(2)15-11(14)9-3-4-10-5-12-7-13(10)6-9/h3-8H,1-2H3. The van der Waals surface area contributed by atoms with Crippen LogP contribution >= 0.6 is 0 Å². The fourth-order valence-electron chi connectivity index (χ4n) is 1.32. The van der Waals surface area contributed by atoms with E-state index in [1.54, 1.807) is 29.2 Å². The molecular formula is C11H12N2O2. The zero-order chi connectivity index (χ0) is 10.8.